The van der Waals surface area contributed by atoms with Crippen molar-refractivity contribution in [1.29, 1.82) is 0 Å². The molecule has 3 aromatic rings. The summed E-state index contributed by atoms with van der Waals surface area (Å²) in [4.78, 5) is 16.0. The SMILES string of the molecule is CCc1nn(CCOCC(F)(F)F)c2c(Nc3ccccn3)nc(N3CCN[C@H](C)C3)nc12. The van der Waals surface area contributed by atoms with Gasteiger partial charge in [-0.05, 0) is 25.5 Å². The van der Waals surface area contributed by atoms with Gasteiger partial charge in [0.05, 0.1) is 18.8 Å². The molecule has 4 rings (SSSR count). The Hall–Kier alpha value is -2.99. The highest BCUT2D eigenvalue weighted by molar-refractivity contribution is 5.90. The lowest BCUT2D eigenvalue weighted by molar-refractivity contribution is -0.174. The van der Waals surface area contributed by atoms with Crippen LogP contribution in [-0.4, -0.2) is 69.8 Å². The second-order valence-corrected chi connectivity index (χ2v) is 7.90. The maximum absolute atomic E-state index is 12.5. The van der Waals surface area contributed by atoms with Crippen LogP contribution in [0.4, 0.5) is 30.8 Å². The Labute approximate surface area is 189 Å². The molecule has 0 bridgehead atoms. The van der Waals surface area contributed by atoms with Gasteiger partial charge >= 0.3 is 6.18 Å². The van der Waals surface area contributed by atoms with Crippen LogP contribution in [0.25, 0.3) is 11.0 Å². The zero-order valence-corrected chi connectivity index (χ0v) is 18.6. The zero-order valence-electron chi connectivity index (χ0n) is 18.6. The molecule has 0 aliphatic carbocycles. The molecule has 12 heteroatoms. The first-order valence-electron chi connectivity index (χ1n) is 10.9. The van der Waals surface area contributed by atoms with E-state index < -0.39 is 12.8 Å². The molecular formula is C21H27F3N8O. The van der Waals surface area contributed by atoms with Crippen molar-refractivity contribution >= 4 is 28.6 Å². The van der Waals surface area contributed by atoms with E-state index in [1.807, 2.05) is 25.1 Å². The second-order valence-electron chi connectivity index (χ2n) is 7.90. The van der Waals surface area contributed by atoms with E-state index in [2.05, 4.69) is 32.5 Å². The molecule has 1 saturated heterocycles. The molecule has 0 spiro atoms. The summed E-state index contributed by atoms with van der Waals surface area (Å²) >= 11 is 0. The third-order valence-electron chi connectivity index (χ3n) is 5.26. The minimum atomic E-state index is -4.37. The van der Waals surface area contributed by atoms with Crippen molar-refractivity contribution in [2.45, 2.75) is 39.0 Å². The average molecular weight is 464 g/mol. The van der Waals surface area contributed by atoms with Crippen LogP contribution in [0.15, 0.2) is 24.4 Å². The number of rotatable bonds is 8. The third-order valence-corrected chi connectivity index (χ3v) is 5.26. The summed E-state index contributed by atoms with van der Waals surface area (Å²) in [5.41, 5.74) is 2.03. The number of pyridine rings is 1. The number of aryl methyl sites for hydroxylation is 1. The molecule has 4 heterocycles. The fraction of sp³-hybridized carbons (Fsp3) is 0.524. The first-order chi connectivity index (χ1) is 15.8. The van der Waals surface area contributed by atoms with Crippen molar-refractivity contribution in [2.75, 3.05) is 43.1 Å². The topological polar surface area (TPSA) is 93.0 Å². The predicted octanol–water partition coefficient (Wildman–Crippen LogP) is 2.90. The number of alkyl halides is 3. The highest BCUT2D eigenvalue weighted by Gasteiger charge is 2.28. The Morgan fingerprint density at radius 3 is 2.82 bits per heavy atom. The van der Waals surface area contributed by atoms with Crippen molar-refractivity contribution in [1.82, 2.24) is 30.0 Å². The van der Waals surface area contributed by atoms with Gasteiger partial charge in [0.1, 0.15) is 23.5 Å². The highest BCUT2D eigenvalue weighted by Crippen LogP contribution is 2.29. The van der Waals surface area contributed by atoms with E-state index in [9.17, 15) is 13.2 Å². The summed E-state index contributed by atoms with van der Waals surface area (Å²) in [6, 6.07) is 5.77. The van der Waals surface area contributed by atoms with Crippen LogP contribution in [-0.2, 0) is 17.7 Å². The van der Waals surface area contributed by atoms with Gasteiger partial charge < -0.3 is 20.3 Å². The van der Waals surface area contributed by atoms with E-state index in [-0.39, 0.29) is 13.2 Å². The Kier molecular flexibility index (Phi) is 6.94. The maximum Gasteiger partial charge on any atom is 0.411 e. The van der Waals surface area contributed by atoms with E-state index >= 15 is 0 Å². The van der Waals surface area contributed by atoms with Crippen LogP contribution in [0.1, 0.15) is 19.5 Å². The van der Waals surface area contributed by atoms with Crippen molar-refractivity contribution < 1.29 is 17.9 Å². The third kappa shape index (κ3) is 5.69. The summed E-state index contributed by atoms with van der Waals surface area (Å²) in [5.74, 6) is 1.68. The molecule has 33 heavy (non-hydrogen) atoms. The van der Waals surface area contributed by atoms with Gasteiger partial charge in [-0.2, -0.15) is 23.3 Å². The molecule has 178 valence electrons. The monoisotopic (exact) mass is 464 g/mol. The van der Waals surface area contributed by atoms with Crippen LogP contribution < -0.4 is 15.5 Å². The normalized spacial score (nSPS) is 17.0. The summed E-state index contributed by atoms with van der Waals surface area (Å²) in [6.07, 6.45) is -2.09. The van der Waals surface area contributed by atoms with Gasteiger partial charge in [0.25, 0.3) is 0 Å². The number of anilines is 3. The van der Waals surface area contributed by atoms with E-state index in [4.69, 9.17) is 14.7 Å². The zero-order chi connectivity index (χ0) is 23.4. The first-order valence-corrected chi connectivity index (χ1v) is 10.9. The van der Waals surface area contributed by atoms with Gasteiger partial charge in [0.2, 0.25) is 5.95 Å². The number of fused-ring (bicyclic) bond motifs is 1. The van der Waals surface area contributed by atoms with Crippen LogP contribution in [0, 0.1) is 0 Å². The van der Waals surface area contributed by atoms with Gasteiger partial charge in [0.15, 0.2) is 5.82 Å². The van der Waals surface area contributed by atoms with E-state index in [1.165, 1.54) is 0 Å². The Bertz CT molecular complexity index is 1070. The lowest BCUT2D eigenvalue weighted by atomic mass is 10.2. The van der Waals surface area contributed by atoms with Crippen molar-refractivity contribution in [3.8, 4) is 0 Å². The number of aromatic nitrogens is 5. The molecule has 9 nitrogen and oxygen atoms in total. The fourth-order valence-electron chi connectivity index (χ4n) is 3.77. The minimum absolute atomic E-state index is 0.136. The number of hydrogen-bond acceptors (Lipinski definition) is 8. The quantitative estimate of drug-likeness (QED) is 0.492. The van der Waals surface area contributed by atoms with Gasteiger partial charge in [-0.15, -0.1) is 0 Å². The molecule has 1 fully saturated rings. The smallest absolute Gasteiger partial charge is 0.370 e. The van der Waals surface area contributed by atoms with Crippen LogP contribution in [0.3, 0.4) is 0 Å². The molecule has 3 aromatic heterocycles. The Balaban J connectivity index is 1.72. The van der Waals surface area contributed by atoms with Crippen LogP contribution >= 0.6 is 0 Å². The number of nitrogens with one attached hydrogen (secondary N) is 2. The van der Waals surface area contributed by atoms with Crippen LogP contribution in [0.2, 0.25) is 0 Å². The van der Waals surface area contributed by atoms with Gasteiger partial charge in [-0.25, -0.2) is 9.97 Å². The van der Waals surface area contributed by atoms with E-state index in [1.54, 1.807) is 10.9 Å². The Morgan fingerprint density at radius 2 is 2.12 bits per heavy atom. The van der Waals surface area contributed by atoms with Crippen molar-refractivity contribution in [3.05, 3.63) is 30.1 Å². The van der Waals surface area contributed by atoms with Crippen LogP contribution in [0.5, 0.6) is 0 Å². The highest BCUT2D eigenvalue weighted by atomic mass is 19.4. The average Bonchev–Trinajstić information content (AvgIpc) is 3.15. The number of nitrogens with zero attached hydrogens (tertiary/aromatic N) is 6. The number of piperazine rings is 1. The summed E-state index contributed by atoms with van der Waals surface area (Å²) in [7, 11) is 0. The standard InChI is InChI=1S/C21H27F3N8O/c1-3-15-17-18(32(30-15)10-11-33-13-21(22,23)24)19(27-16-6-4-5-7-26-16)29-20(28-17)31-9-8-25-14(2)12-31/h4-7,14,25H,3,8-13H2,1-2H3,(H,26,27,28,29)/t14-/m1/s1. The lowest BCUT2D eigenvalue weighted by Gasteiger charge is -2.32. The molecule has 0 amide bonds. The Morgan fingerprint density at radius 1 is 1.27 bits per heavy atom. The molecule has 0 unspecified atom stereocenters. The van der Waals surface area contributed by atoms with Gasteiger partial charge in [-0.1, -0.05) is 13.0 Å². The minimum Gasteiger partial charge on any atom is -0.370 e. The van der Waals surface area contributed by atoms with Gasteiger partial charge in [0, 0.05) is 31.9 Å². The largest absolute Gasteiger partial charge is 0.411 e. The molecule has 2 N–H and O–H groups in total. The molecule has 0 radical (unpaired) electrons. The molecule has 1 atom stereocenters. The lowest BCUT2D eigenvalue weighted by Crippen LogP contribution is -2.49. The second kappa shape index (κ2) is 9.87. The molecule has 0 saturated carbocycles. The first kappa shape index (κ1) is 23.2. The van der Waals surface area contributed by atoms with Crippen molar-refractivity contribution in [2.24, 2.45) is 0 Å². The number of halogens is 3. The molecule has 1 aliphatic heterocycles. The number of ether oxygens (including phenoxy) is 1. The maximum atomic E-state index is 12.5. The predicted molar refractivity (Wildman–Crippen MR) is 119 cm³/mol. The fourth-order valence-corrected chi connectivity index (χ4v) is 3.77. The summed E-state index contributed by atoms with van der Waals surface area (Å²) < 4.78 is 43.8. The van der Waals surface area contributed by atoms with E-state index in [0.29, 0.717) is 41.1 Å². The van der Waals surface area contributed by atoms with Crippen molar-refractivity contribution in [3.63, 3.8) is 0 Å². The summed E-state index contributed by atoms with van der Waals surface area (Å²) in [5, 5.41) is 11.3. The molecule has 1 aliphatic rings. The summed E-state index contributed by atoms with van der Waals surface area (Å²) in [6.45, 7) is 5.11. The molecule has 0 aromatic carbocycles. The number of hydrogen-bond donors (Lipinski definition) is 2. The van der Waals surface area contributed by atoms with Gasteiger partial charge in [-0.3, -0.25) is 4.68 Å². The molecular weight excluding hydrogens is 437 g/mol. The van der Waals surface area contributed by atoms with E-state index in [0.717, 1.165) is 25.3 Å².